The van der Waals surface area contributed by atoms with Gasteiger partial charge < -0.3 is 9.41 Å². The molecule has 0 saturated heterocycles. The molecule has 1 amide bonds. The molecule has 0 radical (unpaired) electrons. The second kappa shape index (κ2) is 6.32. The molecule has 1 unspecified atom stereocenters. The zero-order valence-electron chi connectivity index (χ0n) is 11.2. The molecular weight excluding hydrogens is 302 g/mol. The van der Waals surface area contributed by atoms with Crippen molar-refractivity contribution in [3.63, 3.8) is 0 Å². The summed E-state index contributed by atoms with van der Waals surface area (Å²) < 4.78 is 5.72. The van der Waals surface area contributed by atoms with Gasteiger partial charge in [-0.1, -0.05) is 35.6 Å². The lowest BCUT2D eigenvalue weighted by Gasteiger charge is -2.22. The maximum absolute atomic E-state index is 11.7. The molecule has 0 aromatic rings. The summed E-state index contributed by atoms with van der Waals surface area (Å²) in [7, 11) is -2.97. The molecule has 0 aromatic heterocycles. The summed E-state index contributed by atoms with van der Waals surface area (Å²) in [5, 5.41) is 0. The molecular formula is C10H24BrNO2Si2. The lowest BCUT2D eigenvalue weighted by molar-refractivity contribution is -0.119. The largest absolute Gasteiger partial charge is 0.418 e. The SMILES string of the molecule is C[Si](C)(C)NC(=O)C(Br)CCO[Si](C)(C)C. The van der Waals surface area contributed by atoms with Gasteiger partial charge in [0.1, 0.15) is 8.24 Å². The Morgan fingerprint density at radius 2 is 1.75 bits per heavy atom. The van der Waals surface area contributed by atoms with E-state index in [4.69, 9.17) is 4.43 Å². The van der Waals surface area contributed by atoms with Crippen molar-refractivity contribution < 1.29 is 9.22 Å². The van der Waals surface area contributed by atoms with E-state index in [9.17, 15) is 4.79 Å². The van der Waals surface area contributed by atoms with Crippen molar-refractivity contribution in [1.29, 1.82) is 0 Å². The average Bonchev–Trinajstić information content (AvgIpc) is 1.98. The van der Waals surface area contributed by atoms with Gasteiger partial charge in [0.05, 0.1) is 4.83 Å². The first-order valence-corrected chi connectivity index (χ1v) is 13.4. The third kappa shape index (κ3) is 9.56. The molecule has 0 aliphatic heterocycles. The van der Waals surface area contributed by atoms with E-state index in [2.05, 4.69) is 60.2 Å². The lowest BCUT2D eigenvalue weighted by Crippen LogP contribution is -2.48. The van der Waals surface area contributed by atoms with Crippen molar-refractivity contribution >= 4 is 38.4 Å². The molecule has 0 fully saturated rings. The minimum Gasteiger partial charge on any atom is -0.418 e. The molecule has 6 heteroatoms. The van der Waals surface area contributed by atoms with E-state index in [1.54, 1.807) is 0 Å². The van der Waals surface area contributed by atoms with Crippen LogP contribution in [-0.2, 0) is 9.22 Å². The quantitative estimate of drug-likeness (QED) is 0.602. The summed E-state index contributed by atoms with van der Waals surface area (Å²) in [5.74, 6) is 0.0957. The second-order valence-corrected chi connectivity index (χ2v) is 16.3. The van der Waals surface area contributed by atoms with Gasteiger partial charge in [0, 0.05) is 6.61 Å². The number of hydrogen-bond acceptors (Lipinski definition) is 2. The number of nitrogens with one attached hydrogen (secondary N) is 1. The van der Waals surface area contributed by atoms with E-state index < -0.39 is 16.6 Å². The predicted molar refractivity (Wildman–Crippen MR) is 78.1 cm³/mol. The van der Waals surface area contributed by atoms with Gasteiger partial charge in [-0.3, -0.25) is 4.79 Å². The standard InChI is InChI=1S/C10H24BrNO2Si2/c1-15(2,3)12-10(13)9(11)7-8-14-16(4,5)6/h9H,7-8H2,1-6H3,(H,12,13). The number of hydrogen-bond donors (Lipinski definition) is 1. The first kappa shape index (κ1) is 16.3. The Labute approximate surface area is 110 Å². The van der Waals surface area contributed by atoms with Crippen LogP contribution in [-0.4, -0.2) is 33.9 Å². The first-order chi connectivity index (χ1) is 7.01. The summed E-state index contributed by atoms with van der Waals surface area (Å²) in [5.41, 5.74) is 0. The highest BCUT2D eigenvalue weighted by Crippen LogP contribution is 2.10. The molecule has 0 spiro atoms. The molecule has 0 aliphatic carbocycles. The molecule has 16 heavy (non-hydrogen) atoms. The molecule has 0 aromatic carbocycles. The zero-order chi connectivity index (χ0) is 13.0. The molecule has 0 aliphatic rings. The van der Waals surface area contributed by atoms with Crippen LogP contribution in [0.2, 0.25) is 39.3 Å². The Balaban J connectivity index is 3.89. The van der Waals surface area contributed by atoms with Gasteiger partial charge in [-0.15, -0.1) is 0 Å². The average molecular weight is 326 g/mol. The lowest BCUT2D eigenvalue weighted by atomic mass is 10.3. The molecule has 0 heterocycles. The van der Waals surface area contributed by atoms with Crippen LogP contribution in [0.4, 0.5) is 0 Å². The molecule has 1 N–H and O–H groups in total. The Hall–Kier alpha value is 0.344. The van der Waals surface area contributed by atoms with Gasteiger partial charge in [-0.2, -0.15) is 0 Å². The summed E-state index contributed by atoms with van der Waals surface area (Å²) in [6.07, 6.45) is 0.737. The molecule has 3 nitrogen and oxygen atoms in total. The van der Waals surface area contributed by atoms with Gasteiger partial charge in [0.15, 0.2) is 8.32 Å². The highest BCUT2D eigenvalue weighted by Gasteiger charge is 2.22. The third-order valence-corrected chi connectivity index (χ3v) is 4.63. The van der Waals surface area contributed by atoms with Crippen LogP contribution in [0.25, 0.3) is 0 Å². The Morgan fingerprint density at radius 1 is 1.25 bits per heavy atom. The van der Waals surface area contributed by atoms with E-state index in [0.29, 0.717) is 6.61 Å². The highest BCUT2D eigenvalue weighted by molar-refractivity contribution is 9.10. The second-order valence-electron chi connectivity index (χ2n) is 5.96. The van der Waals surface area contributed by atoms with Crippen LogP contribution in [0, 0.1) is 0 Å². The molecule has 1 atom stereocenters. The van der Waals surface area contributed by atoms with Crippen molar-refractivity contribution in [3.05, 3.63) is 0 Å². The molecule has 0 rings (SSSR count). The van der Waals surface area contributed by atoms with Crippen molar-refractivity contribution in [2.75, 3.05) is 6.61 Å². The van der Waals surface area contributed by atoms with Crippen molar-refractivity contribution in [2.24, 2.45) is 0 Å². The third-order valence-electron chi connectivity index (χ3n) is 1.69. The van der Waals surface area contributed by atoms with Crippen LogP contribution in [0.15, 0.2) is 0 Å². The normalized spacial score (nSPS) is 14.7. The Bertz CT molecular complexity index is 236. The van der Waals surface area contributed by atoms with Gasteiger partial charge >= 0.3 is 0 Å². The van der Waals surface area contributed by atoms with E-state index in [0.717, 1.165) is 6.42 Å². The van der Waals surface area contributed by atoms with Gasteiger partial charge in [-0.05, 0) is 26.1 Å². The highest BCUT2D eigenvalue weighted by atomic mass is 79.9. The fourth-order valence-corrected chi connectivity index (χ4v) is 3.20. The topological polar surface area (TPSA) is 38.3 Å². The minimum atomic E-state index is -1.52. The minimum absolute atomic E-state index is 0.0957. The van der Waals surface area contributed by atoms with Crippen LogP contribution < -0.4 is 4.98 Å². The van der Waals surface area contributed by atoms with Gasteiger partial charge in [0.25, 0.3) is 0 Å². The number of alkyl halides is 1. The number of carbonyl (C=O) groups is 1. The van der Waals surface area contributed by atoms with Crippen molar-refractivity contribution in [2.45, 2.75) is 50.5 Å². The number of carbonyl (C=O) groups excluding carboxylic acids is 1. The number of amides is 1. The van der Waals surface area contributed by atoms with Crippen LogP contribution in [0.5, 0.6) is 0 Å². The molecule has 0 bridgehead atoms. The maximum Gasteiger partial charge on any atom is 0.226 e. The van der Waals surface area contributed by atoms with Crippen LogP contribution in [0.3, 0.4) is 0 Å². The van der Waals surface area contributed by atoms with Crippen molar-refractivity contribution in [1.82, 2.24) is 4.98 Å². The van der Waals surface area contributed by atoms with E-state index in [1.807, 2.05) is 0 Å². The van der Waals surface area contributed by atoms with Crippen LogP contribution in [0.1, 0.15) is 6.42 Å². The van der Waals surface area contributed by atoms with Gasteiger partial charge in [-0.25, -0.2) is 0 Å². The summed E-state index contributed by atoms with van der Waals surface area (Å²) in [6, 6.07) is 0. The molecule has 0 saturated carbocycles. The monoisotopic (exact) mass is 325 g/mol. The van der Waals surface area contributed by atoms with Crippen molar-refractivity contribution in [3.8, 4) is 0 Å². The van der Waals surface area contributed by atoms with E-state index in [1.165, 1.54) is 0 Å². The molecule has 96 valence electrons. The summed E-state index contributed by atoms with van der Waals surface area (Å²) in [6.45, 7) is 13.5. The Kier molecular flexibility index (Phi) is 6.46. The summed E-state index contributed by atoms with van der Waals surface area (Å²) in [4.78, 5) is 14.7. The predicted octanol–water partition coefficient (Wildman–Crippen LogP) is 2.94. The van der Waals surface area contributed by atoms with E-state index in [-0.39, 0.29) is 10.7 Å². The fourth-order valence-electron chi connectivity index (χ4n) is 1.05. The first-order valence-electron chi connectivity index (χ1n) is 5.61. The maximum atomic E-state index is 11.7. The van der Waals surface area contributed by atoms with E-state index >= 15 is 0 Å². The fraction of sp³-hybridized carbons (Fsp3) is 0.900. The Morgan fingerprint density at radius 3 is 2.12 bits per heavy atom. The zero-order valence-corrected chi connectivity index (χ0v) is 14.8. The smallest absolute Gasteiger partial charge is 0.226 e. The number of rotatable bonds is 6. The van der Waals surface area contributed by atoms with Gasteiger partial charge in [0.2, 0.25) is 5.91 Å². The van der Waals surface area contributed by atoms with Crippen LogP contribution >= 0.6 is 15.9 Å². The number of halogens is 1. The summed E-state index contributed by atoms with van der Waals surface area (Å²) >= 11 is 3.41.